The molecule has 0 aromatic heterocycles. The molecule has 0 atom stereocenters. The van der Waals surface area contributed by atoms with Crippen molar-refractivity contribution in [1.82, 2.24) is 5.32 Å². The maximum atomic E-state index is 12.0. The van der Waals surface area contributed by atoms with E-state index in [0.717, 1.165) is 24.3 Å². The molecular formula is C22H29N3O. The van der Waals surface area contributed by atoms with Crippen molar-refractivity contribution in [2.45, 2.75) is 39.2 Å². The molecule has 0 unspecified atom stereocenters. The van der Waals surface area contributed by atoms with E-state index < -0.39 is 0 Å². The molecule has 1 fully saturated rings. The fraction of sp³-hybridized carbons (Fsp3) is 0.409. The van der Waals surface area contributed by atoms with Gasteiger partial charge in [-0.1, -0.05) is 29.8 Å². The number of rotatable bonds is 7. The van der Waals surface area contributed by atoms with Crippen LogP contribution < -0.4 is 15.5 Å². The molecule has 2 aromatic rings. The molecule has 0 bridgehead atoms. The summed E-state index contributed by atoms with van der Waals surface area (Å²) in [6, 6.07) is 16.8. The molecular weight excluding hydrogens is 322 g/mol. The Balaban J connectivity index is 1.37. The van der Waals surface area contributed by atoms with Gasteiger partial charge in [0.25, 0.3) is 0 Å². The molecule has 1 heterocycles. The topological polar surface area (TPSA) is 44.4 Å². The molecule has 4 nitrogen and oxygen atoms in total. The van der Waals surface area contributed by atoms with Gasteiger partial charge in [-0.2, -0.15) is 0 Å². The van der Waals surface area contributed by atoms with Crippen LogP contribution in [0.4, 0.5) is 11.4 Å². The lowest BCUT2D eigenvalue weighted by Gasteiger charge is -2.28. The van der Waals surface area contributed by atoms with Crippen molar-refractivity contribution in [3.63, 3.8) is 0 Å². The van der Waals surface area contributed by atoms with E-state index in [2.05, 4.69) is 71.0 Å². The van der Waals surface area contributed by atoms with E-state index in [1.165, 1.54) is 30.5 Å². The molecule has 4 heteroatoms. The van der Waals surface area contributed by atoms with Crippen LogP contribution >= 0.6 is 0 Å². The van der Waals surface area contributed by atoms with E-state index in [1.54, 1.807) is 0 Å². The van der Waals surface area contributed by atoms with Gasteiger partial charge < -0.3 is 15.5 Å². The van der Waals surface area contributed by atoms with Crippen molar-refractivity contribution in [3.8, 4) is 0 Å². The minimum absolute atomic E-state index is 0.0722. The summed E-state index contributed by atoms with van der Waals surface area (Å²) in [5.74, 6) is 0.0722. The normalized spacial score (nSPS) is 14.1. The van der Waals surface area contributed by atoms with Gasteiger partial charge in [-0.3, -0.25) is 4.79 Å². The van der Waals surface area contributed by atoms with Crippen LogP contribution in [0.25, 0.3) is 0 Å². The minimum atomic E-state index is 0.0722. The fourth-order valence-corrected chi connectivity index (χ4v) is 3.26. The molecule has 0 spiro atoms. The first-order valence-corrected chi connectivity index (χ1v) is 9.62. The van der Waals surface area contributed by atoms with E-state index in [-0.39, 0.29) is 5.91 Å². The van der Waals surface area contributed by atoms with Crippen molar-refractivity contribution in [3.05, 3.63) is 59.7 Å². The zero-order valence-electron chi connectivity index (χ0n) is 15.6. The third kappa shape index (κ3) is 5.51. The lowest BCUT2D eigenvalue weighted by atomic mass is 10.1. The van der Waals surface area contributed by atoms with Crippen LogP contribution in [0.3, 0.4) is 0 Å². The summed E-state index contributed by atoms with van der Waals surface area (Å²) in [6.45, 7) is 5.61. The van der Waals surface area contributed by atoms with E-state index in [4.69, 9.17) is 0 Å². The molecule has 26 heavy (non-hydrogen) atoms. The highest BCUT2D eigenvalue weighted by Gasteiger charge is 2.10. The van der Waals surface area contributed by atoms with Crippen LogP contribution in [-0.4, -0.2) is 25.5 Å². The van der Waals surface area contributed by atoms with E-state index in [0.29, 0.717) is 19.5 Å². The molecule has 1 aliphatic heterocycles. The minimum Gasteiger partial charge on any atom is -0.385 e. The summed E-state index contributed by atoms with van der Waals surface area (Å²) >= 11 is 0. The standard InChI is InChI=1S/C22H29N3O/c1-18-5-7-19(8-6-18)17-24-22(26)13-14-23-20-9-11-21(12-10-20)25-15-3-2-4-16-25/h5-12,23H,2-4,13-17H2,1H3,(H,24,26). The van der Waals surface area contributed by atoms with Gasteiger partial charge in [-0.05, 0) is 56.0 Å². The molecule has 1 saturated heterocycles. The molecule has 3 rings (SSSR count). The number of benzene rings is 2. The molecule has 2 N–H and O–H groups in total. The maximum absolute atomic E-state index is 12.0. The first-order chi connectivity index (χ1) is 12.7. The van der Waals surface area contributed by atoms with Gasteiger partial charge in [0.1, 0.15) is 0 Å². The van der Waals surface area contributed by atoms with Gasteiger partial charge in [0.15, 0.2) is 0 Å². The monoisotopic (exact) mass is 351 g/mol. The lowest BCUT2D eigenvalue weighted by Crippen LogP contribution is -2.29. The number of nitrogens with one attached hydrogen (secondary N) is 2. The maximum Gasteiger partial charge on any atom is 0.222 e. The molecule has 2 aromatic carbocycles. The average Bonchev–Trinajstić information content (AvgIpc) is 2.69. The van der Waals surface area contributed by atoms with Gasteiger partial charge in [0.05, 0.1) is 0 Å². The second kappa shape index (κ2) is 9.27. The number of aryl methyl sites for hydroxylation is 1. The Bertz CT molecular complexity index is 688. The predicted molar refractivity (Wildman–Crippen MR) is 109 cm³/mol. The molecule has 0 aliphatic carbocycles. The summed E-state index contributed by atoms with van der Waals surface area (Å²) in [6.07, 6.45) is 4.40. The summed E-state index contributed by atoms with van der Waals surface area (Å²) in [7, 11) is 0. The number of nitrogens with zero attached hydrogens (tertiary/aromatic N) is 1. The fourth-order valence-electron chi connectivity index (χ4n) is 3.26. The second-order valence-corrected chi connectivity index (χ2v) is 7.03. The molecule has 138 valence electrons. The predicted octanol–water partition coefficient (Wildman–Crippen LogP) is 4.10. The smallest absolute Gasteiger partial charge is 0.222 e. The summed E-state index contributed by atoms with van der Waals surface area (Å²) in [5, 5.41) is 6.30. The van der Waals surface area contributed by atoms with Crippen LogP contribution in [-0.2, 0) is 11.3 Å². The molecule has 1 aliphatic rings. The number of anilines is 2. The summed E-state index contributed by atoms with van der Waals surface area (Å²) < 4.78 is 0. The van der Waals surface area contributed by atoms with Crippen LogP contribution in [0.2, 0.25) is 0 Å². The number of piperidine rings is 1. The molecule has 0 saturated carbocycles. The lowest BCUT2D eigenvalue weighted by molar-refractivity contribution is -0.121. The third-order valence-electron chi connectivity index (χ3n) is 4.88. The Morgan fingerprint density at radius 3 is 2.35 bits per heavy atom. The zero-order valence-corrected chi connectivity index (χ0v) is 15.6. The van der Waals surface area contributed by atoms with Gasteiger partial charge in [0, 0.05) is 44.0 Å². The number of carbonyl (C=O) groups excluding carboxylic acids is 1. The Hall–Kier alpha value is -2.49. The molecule has 0 radical (unpaired) electrons. The van der Waals surface area contributed by atoms with Gasteiger partial charge in [-0.15, -0.1) is 0 Å². The highest BCUT2D eigenvalue weighted by Crippen LogP contribution is 2.21. The van der Waals surface area contributed by atoms with Gasteiger partial charge in [0.2, 0.25) is 5.91 Å². The quantitative estimate of drug-likeness (QED) is 0.789. The second-order valence-electron chi connectivity index (χ2n) is 7.03. The Labute approximate surface area is 156 Å². The van der Waals surface area contributed by atoms with Crippen molar-refractivity contribution in [2.75, 3.05) is 29.9 Å². The zero-order chi connectivity index (χ0) is 18.2. The van der Waals surface area contributed by atoms with Crippen LogP contribution in [0.1, 0.15) is 36.8 Å². The van der Waals surface area contributed by atoms with E-state index in [1.807, 2.05) is 0 Å². The van der Waals surface area contributed by atoms with Crippen molar-refractivity contribution < 1.29 is 4.79 Å². The van der Waals surface area contributed by atoms with Crippen molar-refractivity contribution in [2.24, 2.45) is 0 Å². The van der Waals surface area contributed by atoms with Crippen LogP contribution in [0, 0.1) is 6.92 Å². The van der Waals surface area contributed by atoms with Crippen molar-refractivity contribution >= 4 is 17.3 Å². The Morgan fingerprint density at radius 2 is 1.65 bits per heavy atom. The van der Waals surface area contributed by atoms with Gasteiger partial charge in [-0.25, -0.2) is 0 Å². The summed E-state index contributed by atoms with van der Waals surface area (Å²) in [5.41, 5.74) is 4.73. The first kappa shape index (κ1) is 18.3. The number of carbonyl (C=O) groups is 1. The number of hydrogen-bond acceptors (Lipinski definition) is 3. The Kier molecular flexibility index (Phi) is 6.53. The molecule has 1 amide bonds. The number of amides is 1. The van der Waals surface area contributed by atoms with Crippen molar-refractivity contribution in [1.29, 1.82) is 0 Å². The largest absolute Gasteiger partial charge is 0.385 e. The Morgan fingerprint density at radius 1 is 0.962 bits per heavy atom. The highest BCUT2D eigenvalue weighted by atomic mass is 16.1. The average molecular weight is 351 g/mol. The highest BCUT2D eigenvalue weighted by molar-refractivity contribution is 5.76. The SMILES string of the molecule is Cc1ccc(CNC(=O)CCNc2ccc(N3CCCCC3)cc2)cc1. The van der Waals surface area contributed by atoms with Gasteiger partial charge >= 0.3 is 0 Å². The third-order valence-corrected chi connectivity index (χ3v) is 4.88. The van der Waals surface area contributed by atoms with Crippen LogP contribution in [0.5, 0.6) is 0 Å². The first-order valence-electron chi connectivity index (χ1n) is 9.62. The van der Waals surface area contributed by atoms with E-state index >= 15 is 0 Å². The summed E-state index contributed by atoms with van der Waals surface area (Å²) in [4.78, 5) is 14.4. The van der Waals surface area contributed by atoms with E-state index in [9.17, 15) is 4.79 Å². The number of hydrogen-bond donors (Lipinski definition) is 2. The van der Waals surface area contributed by atoms with Crippen LogP contribution in [0.15, 0.2) is 48.5 Å².